The van der Waals surface area contributed by atoms with Gasteiger partial charge in [0.2, 0.25) is 0 Å². The van der Waals surface area contributed by atoms with E-state index >= 15 is 0 Å². The van der Waals surface area contributed by atoms with Gasteiger partial charge in [0.1, 0.15) is 5.82 Å². The fourth-order valence-electron chi connectivity index (χ4n) is 2.34. The Hall–Kier alpha value is -2.26. The lowest BCUT2D eigenvalue weighted by molar-refractivity contribution is 0.599. The highest BCUT2D eigenvalue weighted by Crippen LogP contribution is 2.25. The Bertz CT molecular complexity index is 768. The molecule has 0 radical (unpaired) electrons. The molecule has 0 amide bonds. The van der Waals surface area contributed by atoms with Crippen LogP contribution in [0.2, 0.25) is 0 Å². The van der Waals surface area contributed by atoms with Crippen LogP contribution in [0.15, 0.2) is 54.7 Å². The largest absolute Gasteiger partial charge is 0.320 e. The minimum absolute atomic E-state index is 0.281. The number of halogens is 1. The van der Waals surface area contributed by atoms with Crippen LogP contribution in [0.5, 0.6) is 0 Å². The van der Waals surface area contributed by atoms with Gasteiger partial charge in [-0.25, -0.2) is 4.39 Å². The number of aryl methyl sites for hydroxylation is 1. The zero-order valence-electron chi connectivity index (χ0n) is 11.2. The summed E-state index contributed by atoms with van der Waals surface area (Å²) in [5.74, 6) is -0.281. The van der Waals surface area contributed by atoms with Crippen LogP contribution in [0.25, 0.3) is 10.9 Å². The van der Waals surface area contributed by atoms with E-state index in [4.69, 9.17) is 5.73 Å². The third-order valence-corrected chi connectivity index (χ3v) is 3.46. The smallest absolute Gasteiger partial charge is 0.128 e. The first-order valence-electron chi connectivity index (χ1n) is 6.51. The molecule has 0 saturated carbocycles. The second-order valence-corrected chi connectivity index (χ2v) is 4.96. The maximum absolute atomic E-state index is 13.9. The minimum Gasteiger partial charge on any atom is -0.320 e. The van der Waals surface area contributed by atoms with Crippen molar-refractivity contribution in [3.05, 3.63) is 77.2 Å². The van der Waals surface area contributed by atoms with E-state index in [1.54, 1.807) is 18.3 Å². The Labute approximate surface area is 117 Å². The summed E-state index contributed by atoms with van der Waals surface area (Å²) in [6.45, 7) is 1.92. The minimum atomic E-state index is -0.507. The predicted molar refractivity (Wildman–Crippen MR) is 78.9 cm³/mol. The van der Waals surface area contributed by atoms with Crippen molar-refractivity contribution < 1.29 is 4.39 Å². The molecule has 1 atom stereocenters. The number of aromatic nitrogens is 1. The third kappa shape index (κ3) is 2.28. The summed E-state index contributed by atoms with van der Waals surface area (Å²) >= 11 is 0. The lowest BCUT2D eigenvalue weighted by Crippen LogP contribution is -2.14. The van der Waals surface area contributed by atoms with E-state index < -0.39 is 6.04 Å². The summed E-state index contributed by atoms with van der Waals surface area (Å²) in [7, 11) is 0. The molecule has 3 aromatic rings. The summed E-state index contributed by atoms with van der Waals surface area (Å²) in [5, 5.41) is 1.01. The summed E-state index contributed by atoms with van der Waals surface area (Å²) in [6, 6.07) is 14.3. The molecule has 0 saturated heterocycles. The molecule has 3 rings (SSSR count). The number of hydrogen-bond donors (Lipinski definition) is 1. The molecule has 0 bridgehead atoms. The van der Waals surface area contributed by atoms with Gasteiger partial charge < -0.3 is 5.73 Å². The van der Waals surface area contributed by atoms with Crippen molar-refractivity contribution in [3.63, 3.8) is 0 Å². The van der Waals surface area contributed by atoms with Gasteiger partial charge in [-0.3, -0.25) is 4.98 Å². The summed E-state index contributed by atoms with van der Waals surface area (Å²) in [6.07, 6.45) is 1.72. The van der Waals surface area contributed by atoms with E-state index in [1.165, 1.54) is 6.07 Å². The Balaban J connectivity index is 2.07. The number of hydrogen-bond acceptors (Lipinski definition) is 2. The van der Waals surface area contributed by atoms with E-state index in [9.17, 15) is 4.39 Å². The van der Waals surface area contributed by atoms with Gasteiger partial charge in [0, 0.05) is 17.1 Å². The SMILES string of the molecule is Cc1ccc(F)c(C(N)c2cnc3ccccc3c2)c1. The van der Waals surface area contributed by atoms with E-state index in [0.29, 0.717) is 5.56 Å². The van der Waals surface area contributed by atoms with Crippen molar-refractivity contribution in [2.24, 2.45) is 5.73 Å². The summed E-state index contributed by atoms with van der Waals surface area (Å²) in [5.41, 5.74) is 9.41. The van der Waals surface area contributed by atoms with Gasteiger partial charge in [-0.2, -0.15) is 0 Å². The average molecular weight is 266 g/mol. The molecule has 1 unspecified atom stereocenters. The molecule has 0 aliphatic rings. The second kappa shape index (κ2) is 5.02. The first kappa shape index (κ1) is 12.8. The highest BCUT2D eigenvalue weighted by Gasteiger charge is 2.14. The van der Waals surface area contributed by atoms with Crippen molar-refractivity contribution in [1.82, 2.24) is 4.98 Å². The third-order valence-electron chi connectivity index (χ3n) is 3.46. The average Bonchev–Trinajstić information content (AvgIpc) is 2.48. The van der Waals surface area contributed by atoms with Crippen LogP contribution in [0.3, 0.4) is 0 Å². The standard InChI is InChI=1S/C17H15FN2/c1-11-6-7-15(18)14(8-11)17(19)13-9-12-4-2-3-5-16(12)20-10-13/h2-10,17H,19H2,1H3. The Morgan fingerprint density at radius 3 is 2.75 bits per heavy atom. The van der Waals surface area contributed by atoms with Crippen molar-refractivity contribution in [3.8, 4) is 0 Å². The maximum atomic E-state index is 13.9. The topological polar surface area (TPSA) is 38.9 Å². The normalized spacial score (nSPS) is 12.6. The summed E-state index contributed by atoms with van der Waals surface area (Å²) < 4.78 is 13.9. The van der Waals surface area contributed by atoms with E-state index in [-0.39, 0.29) is 5.82 Å². The van der Waals surface area contributed by atoms with Gasteiger partial charge in [-0.15, -0.1) is 0 Å². The van der Waals surface area contributed by atoms with E-state index in [1.807, 2.05) is 37.3 Å². The number of nitrogens with zero attached hydrogens (tertiary/aromatic N) is 1. The van der Waals surface area contributed by atoms with Gasteiger partial charge in [-0.1, -0.05) is 35.9 Å². The van der Waals surface area contributed by atoms with Crippen LogP contribution in [0.1, 0.15) is 22.7 Å². The lowest BCUT2D eigenvalue weighted by Gasteiger charge is -2.14. The molecule has 0 aliphatic carbocycles. The Morgan fingerprint density at radius 2 is 1.90 bits per heavy atom. The van der Waals surface area contributed by atoms with Crippen molar-refractivity contribution in [2.45, 2.75) is 13.0 Å². The maximum Gasteiger partial charge on any atom is 0.128 e. The number of nitrogens with two attached hydrogens (primary N) is 1. The first-order chi connectivity index (χ1) is 9.65. The van der Waals surface area contributed by atoms with E-state index in [0.717, 1.165) is 22.0 Å². The molecular formula is C17H15FN2. The fourth-order valence-corrected chi connectivity index (χ4v) is 2.34. The fraction of sp³-hybridized carbons (Fsp3) is 0.118. The molecule has 0 aliphatic heterocycles. The molecule has 1 aromatic heterocycles. The molecule has 2 N–H and O–H groups in total. The number of rotatable bonds is 2. The van der Waals surface area contributed by atoms with Gasteiger partial charge in [0.25, 0.3) is 0 Å². The van der Waals surface area contributed by atoms with Crippen molar-refractivity contribution in [1.29, 1.82) is 0 Å². The van der Waals surface area contributed by atoms with Gasteiger partial charge >= 0.3 is 0 Å². The quantitative estimate of drug-likeness (QED) is 0.767. The molecule has 2 aromatic carbocycles. The first-order valence-corrected chi connectivity index (χ1v) is 6.51. The lowest BCUT2D eigenvalue weighted by atomic mass is 9.98. The molecule has 2 nitrogen and oxygen atoms in total. The van der Waals surface area contributed by atoms with Crippen LogP contribution in [0, 0.1) is 12.7 Å². The molecule has 100 valence electrons. The van der Waals surface area contributed by atoms with E-state index in [2.05, 4.69) is 4.98 Å². The zero-order valence-corrected chi connectivity index (χ0v) is 11.2. The van der Waals surface area contributed by atoms with Crippen LogP contribution in [-0.4, -0.2) is 4.98 Å². The summed E-state index contributed by atoms with van der Waals surface area (Å²) in [4.78, 5) is 4.38. The van der Waals surface area contributed by atoms with Crippen LogP contribution in [-0.2, 0) is 0 Å². The van der Waals surface area contributed by atoms with Crippen LogP contribution in [0.4, 0.5) is 4.39 Å². The molecule has 0 fully saturated rings. The second-order valence-electron chi connectivity index (χ2n) is 4.96. The van der Waals surface area contributed by atoms with Crippen LogP contribution < -0.4 is 5.73 Å². The van der Waals surface area contributed by atoms with Gasteiger partial charge in [0.15, 0.2) is 0 Å². The zero-order chi connectivity index (χ0) is 14.1. The van der Waals surface area contributed by atoms with Gasteiger partial charge in [-0.05, 0) is 30.7 Å². The van der Waals surface area contributed by atoms with Crippen molar-refractivity contribution >= 4 is 10.9 Å². The molecule has 3 heteroatoms. The number of fused-ring (bicyclic) bond motifs is 1. The molecule has 1 heterocycles. The number of benzene rings is 2. The van der Waals surface area contributed by atoms with Crippen LogP contribution >= 0.6 is 0 Å². The molecule has 0 spiro atoms. The number of pyridine rings is 1. The molecule has 20 heavy (non-hydrogen) atoms. The highest BCUT2D eigenvalue weighted by atomic mass is 19.1. The Kier molecular flexibility index (Phi) is 3.20. The highest BCUT2D eigenvalue weighted by molar-refractivity contribution is 5.78. The van der Waals surface area contributed by atoms with Crippen molar-refractivity contribution in [2.75, 3.05) is 0 Å². The molecular weight excluding hydrogens is 251 g/mol. The van der Waals surface area contributed by atoms with Gasteiger partial charge in [0.05, 0.1) is 11.6 Å². The Morgan fingerprint density at radius 1 is 1.10 bits per heavy atom. The predicted octanol–water partition coefficient (Wildman–Crippen LogP) is 3.73. The monoisotopic (exact) mass is 266 g/mol. The number of para-hydroxylation sites is 1.